The summed E-state index contributed by atoms with van der Waals surface area (Å²) in [6.07, 6.45) is 2.54. The van der Waals surface area contributed by atoms with Gasteiger partial charge in [0.2, 0.25) is 5.91 Å². The molecular weight excluding hydrogens is 344 g/mol. The van der Waals surface area contributed by atoms with Gasteiger partial charge in [0.25, 0.3) is 0 Å². The quantitative estimate of drug-likeness (QED) is 0.586. The minimum atomic E-state index is -0.0493. The summed E-state index contributed by atoms with van der Waals surface area (Å²) < 4.78 is 6.75. The van der Waals surface area contributed by atoms with Gasteiger partial charge in [0.05, 0.1) is 11.4 Å². The Morgan fingerprint density at radius 1 is 1.15 bits per heavy atom. The number of aryl methyl sites for hydroxylation is 2. The summed E-state index contributed by atoms with van der Waals surface area (Å²) in [7, 11) is 0. The summed E-state index contributed by atoms with van der Waals surface area (Å²) in [5.74, 6) is 0.717. The molecule has 136 valence electrons. The Labute approximate surface area is 155 Å². The predicted octanol–water partition coefficient (Wildman–Crippen LogP) is 2.97. The summed E-state index contributed by atoms with van der Waals surface area (Å²) in [5, 5.41) is 19.0. The average molecular weight is 362 g/mol. The number of carbonyl (C=O) groups is 1. The van der Waals surface area contributed by atoms with Crippen LogP contribution in [0, 0.1) is 13.8 Å². The fourth-order valence-electron chi connectivity index (χ4n) is 2.93. The second-order valence-corrected chi connectivity index (χ2v) is 6.28. The maximum absolute atomic E-state index is 12.2. The molecule has 0 aliphatic rings. The van der Waals surface area contributed by atoms with E-state index < -0.39 is 0 Å². The molecule has 8 nitrogen and oxygen atoms in total. The Bertz CT molecular complexity index is 1080. The van der Waals surface area contributed by atoms with Crippen molar-refractivity contribution in [2.24, 2.45) is 0 Å². The first kappa shape index (κ1) is 16.9. The molecule has 0 atom stereocenters. The van der Waals surface area contributed by atoms with Crippen LogP contribution in [0.5, 0.6) is 0 Å². The molecular formula is C19H18N6O2. The fourth-order valence-corrected chi connectivity index (χ4v) is 2.93. The Hall–Kier alpha value is -3.55. The van der Waals surface area contributed by atoms with Gasteiger partial charge in [-0.25, -0.2) is 0 Å². The summed E-state index contributed by atoms with van der Waals surface area (Å²) >= 11 is 0. The van der Waals surface area contributed by atoms with Crippen LogP contribution in [0.4, 0.5) is 5.69 Å². The molecule has 0 saturated heterocycles. The molecule has 0 radical (unpaired) electrons. The van der Waals surface area contributed by atoms with E-state index in [2.05, 4.69) is 25.8 Å². The molecule has 0 aliphatic heterocycles. The van der Waals surface area contributed by atoms with Gasteiger partial charge in [0, 0.05) is 23.2 Å². The van der Waals surface area contributed by atoms with Crippen molar-refractivity contribution in [3.8, 4) is 11.3 Å². The Morgan fingerprint density at radius 3 is 2.70 bits per heavy atom. The molecule has 3 aromatic heterocycles. The van der Waals surface area contributed by atoms with Gasteiger partial charge in [0.1, 0.15) is 12.1 Å². The number of fused-ring (bicyclic) bond motifs is 1. The first-order chi connectivity index (χ1) is 13.1. The lowest BCUT2D eigenvalue weighted by Gasteiger charge is -2.07. The zero-order valence-electron chi connectivity index (χ0n) is 15.0. The SMILES string of the molecule is Cc1noc(C)c1CCC(=O)Nc1ccc(-c2ccc3nncn3n2)cc1. The number of nitrogens with zero attached hydrogens (tertiary/aromatic N) is 5. The van der Waals surface area contributed by atoms with E-state index >= 15 is 0 Å². The smallest absolute Gasteiger partial charge is 0.224 e. The summed E-state index contributed by atoms with van der Waals surface area (Å²) in [4.78, 5) is 12.2. The van der Waals surface area contributed by atoms with Gasteiger partial charge in [0.15, 0.2) is 5.65 Å². The largest absolute Gasteiger partial charge is 0.361 e. The highest BCUT2D eigenvalue weighted by Gasteiger charge is 2.11. The molecule has 3 heterocycles. The molecule has 1 aromatic carbocycles. The second kappa shape index (κ2) is 6.99. The van der Waals surface area contributed by atoms with Crippen LogP contribution in [0.2, 0.25) is 0 Å². The van der Waals surface area contributed by atoms with Crippen molar-refractivity contribution in [3.63, 3.8) is 0 Å². The van der Waals surface area contributed by atoms with Crippen LogP contribution in [0.15, 0.2) is 47.2 Å². The normalized spacial score (nSPS) is 11.0. The molecule has 0 unspecified atom stereocenters. The van der Waals surface area contributed by atoms with E-state index in [0.717, 1.165) is 34.0 Å². The fraction of sp³-hybridized carbons (Fsp3) is 0.211. The third-order valence-corrected chi connectivity index (χ3v) is 4.41. The minimum Gasteiger partial charge on any atom is -0.361 e. The number of carbonyl (C=O) groups excluding carboxylic acids is 1. The van der Waals surface area contributed by atoms with Crippen LogP contribution in [0.25, 0.3) is 16.9 Å². The van der Waals surface area contributed by atoms with Crippen molar-refractivity contribution in [1.29, 1.82) is 0 Å². The van der Waals surface area contributed by atoms with Crippen molar-refractivity contribution in [2.75, 3.05) is 5.32 Å². The molecule has 0 aliphatic carbocycles. The highest BCUT2D eigenvalue weighted by molar-refractivity contribution is 5.91. The van der Waals surface area contributed by atoms with E-state index in [1.165, 1.54) is 0 Å². The summed E-state index contributed by atoms with van der Waals surface area (Å²) in [6, 6.07) is 11.3. The van der Waals surface area contributed by atoms with E-state index in [1.54, 1.807) is 10.8 Å². The molecule has 0 bridgehead atoms. The van der Waals surface area contributed by atoms with Crippen LogP contribution in [-0.4, -0.2) is 30.9 Å². The lowest BCUT2D eigenvalue weighted by molar-refractivity contribution is -0.116. The zero-order chi connectivity index (χ0) is 18.8. The standard InChI is InChI=1S/C19H18N6O2/c1-12-16(13(2)27-24-12)7-10-19(26)21-15-5-3-14(4-6-15)17-8-9-18-22-20-11-25(18)23-17/h3-6,8-9,11H,7,10H2,1-2H3,(H,21,26). The molecule has 0 fully saturated rings. The highest BCUT2D eigenvalue weighted by Crippen LogP contribution is 2.20. The van der Waals surface area contributed by atoms with Crippen molar-refractivity contribution < 1.29 is 9.32 Å². The highest BCUT2D eigenvalue weighted by atomic mass is 16.5. The second-order valence-electron chi connectivity index (χ2n) is 6.28. The molecule has 0 saturated carbocycles. The van der Waals surface area contributed by atoms with Crippen LogP contribution in [0.3, 0.4) is 0 Å². The number of hydrogen-bond acceptors (Lipinski definition) is 6. The van der Waals surface area contributed by atoms with Crippen molar-refractivity contribution in [1.82, 2.24) is 25.0 Å². The first-order valence-electron chi connectivity index (χ1n) is 8.59. The van der Waals surface area contributed by atoms with Crippen molar-refractivity contribution >= 4 is 17.2 Å². The minimum absolute atomic E-state index is 0.0493. The van der Waals surface area contributed by atoms with Crippen molar-refractivity contribution in [2.45, 2.75) is 26.7 Å². The van der Waals surface area contributed by atoms with Crippen LogP contribution in [0.1, 0.15) is 23.4 Å². The monoisotopic (exact) mass is 362 g/mol. The van der Waals surface area contributed by atoms with E-state index in [9.17, 15) is 4.79 Å². The van der Waals surface area contributed by atoms with E-state index in [4.69, 9.17) is 4.52 Å². The maximum atomic E-state index is 12.2. The average Bonchev–Trinajstić information content (AvgIpc) is 3.26. The van der Waals surface area contributed by atoms with Crippen molar-refractivity contribution in [3.05, 3.63) is 59.7 Å². The predicted molar refractivity (Wildman–Crippen MR) is 99.1 cm³/mol. The zero-order valence-corrected chi connectivity index (χ0v) is 15.0. The molecule has 4 aromatic rings. The molecule has 27 heavy (non-hydrogen) atoms. The number of hydrogen-bond donors (Lipinski definition) is 1. The van der Waals surface area contributed by atoms with Crippen LogP contribution in [-0.2, 0) is 11.2 Å². The van der Waals surface area contributed by atoms with E-state index in [-0.39, 0.29) is 5.91 Å². The van der Waals surface area contributed by atoms with Crippen LogP contribution >= 0.6 is 0 Å². The van der Waals surface area contributed by atoms with Gasteiger partial charge in [-0.15, -0.1) is 10.2 Å². The molecule has 4 rings (SSSR count). The van der Waals surface area contributed by atoms with Gasteiger partial charge in [-0.2, -0.15) is 9.61 Å². The van der Waals surface area contributed by atoms with Gasteiger partial charge < -0.3 is 9.84 Å². The topological polar surface area (TPSA) is 98.2 Å². The Morgan fingerprint density at radius 2 is 1.96 bits per heavy atom. The van der Waals surface area contributed by atoms with Gasteiger partial charge >= 0.3 is 0 Å². The Kier molecular flexibility index (Phi) is 4.37. The van der Waals surface area contributed by atoms with Crippen LogP contribution < -0.4 is 5.32 Å². The lowest BCUT2D eigenvalue weighted by Crippen LogP contribution is -2.12. The first-order valence-corrected chi connectivity index (χ1v) is 8.59. The molecule has 0 spiro atoms. The van der Waals surface area contributed by atoms with E-state index in [1.807, 2.05) is 50.2 Å². The molecule has 8 heteroatoms. The number of rotatable bonds is 5. The Balaban J connectivity index is 1.40. The number of aromatic nitrogens is 5. The van der Waals surface area contributed by atoms with Gasteiger partial charge in [-0.1, -0.05) is 17.3 Å². The molecule has 1 N–H and O–H groups in total. The third-order valence-electron chi connectivity index (χ3n) is 4.41. The number of amides is 1. The van der Waals surface area contributed by atoms with Gasteiger partial charge in [-0.05, 0) is 44.5 Å². The lowest BCUT2D eigenvalue weighted by atomic mass is 10.1. The molecule has 1 amide bonds. The maximum Gasteiger partial charge on any atom is 0.224 e. The summed E-state index contributed by atoms with van der Waals surface area (Å²) in [6.45, 7) is 3.74. The third kappa shape index (κ3) is 3.55. The number of anilines is 1. The van der Waals surface area contributed by atoms with E-state index in [0.29, 0.717) is 18.5 Å². The number of benzene rings is 1. The number of nitrogens with one attached hydrogen (secondary N) is 1. The summed E-state index contributed by atoms with van der Waals surface area (Å²) in [5.41, 5.74) is 5.02. The van der Waals surface area contributed by atoms with Gasteiger partial charge in [-0.3, -0.25) is 4.79 Å².